The van der Waals surface area contributed by atoms with Crippen molar-refractivity contribution in [2.24, 2.45) is 5.92 Å². The minimum absolute atomic E-state index is 0.0549. The molecule has 27 heavy (non-hydrogen) atoms. The van der Waals surface area contributed by atoms with Gasteiger partial charge in [-0.15, -0.1) is 0 Å². The highest BCUT2D eigenvalue weighted by atomic mass is 16.5. The number of nitrogens with one attached hydrogen (secondary N) is 2. The third kappa shape index (κ3) is 5.23. The standard InChI is InChI=1S/C21H25N3O3/c1-27-19-11-9-18(10-12-19)23-20(25)17-8-5-13-24(15-17)21(26)22-14-16-6-3-2-4-7-16/h2-4,6-7,9-12,17H,5,8,13-15H2,1H3,(H,22,26)(H,23,25)/t17-/m1/s1. The summed E-state index contributed by atoms with van der Waals surface area (Å²) in [5, 5.41) is 5.86. The molecule has 2 aromatic rings. The van der Waals surface area contributed by atoms with E-state index in [2.05, 4.69) is 10.6 Å². The second-order valence-electron chi connectivity index (χ2n) is 6.65. The molecular formula is C21H25N3O3. The molecule has 2 aromatic carbocycles. The van der Waals surface area contributed by atoms with Crippen LogP contribution in [-0.2, 0) is 11.3 Å². The molecule has 0 spiro atoms. The Morgan fingerprint density at radius 3 is 2.56 bits per heavy atom. The smallest absolute Gasteiger partial charge is 0.317 e. The van der Waals surface area contributed by atoms with Gasteiger partial charge in [0.15, 0.2) is 0 Å². The second-order valence-corrected chi connectivity index (χ2v) is 6.65. The van der Waals surface area contributed by atoms with Crippen LogP contribution in [0.5, 0.6) is 5.75 Å². The van der Waals surface area contributed by atoms with Gasteiger partial charge in [-0.3, -0.25) is 4.79 Å². The Morgan fingerprint density at radius 2 is 1.85 bits per heavy atom. The molecule has 0 unspecified atom stereocenters. The van der Waals surface area contributed by atoms with Gasteiger partial charge in [0.05, 0.1) is 13.0 Å². The SMILES string of the molecule is COc1ccc(NC(=O)[C@@H]2CCCN(C(=O)NCc3ccccc3)C2)cc1. The minimum atomic E-state index is -0.205. The maximum atomic E-state index is 12.6. The van der Waals surface area contributed by atoms with Crippen molar-refractivity contribution >= 4 is 17.6 Å². The fourth-order valence-electron chi connectivity index (χ4n) is 3.18. The molecule has 0 aliphatic carbocycles. The van der Waals surface area contributed by atoms with E-state index in [9.17, 15) is 9.59 Å². The molecule has 0 radical (unpaired) electrons. The van der Waals surface area contributed by atoms with Crippen LogP contribution in [0.2, 0.25) is 0 Å². The maximum absolute atomic E-state index is 12.6. The van der Waals surface area contributed by atoms with Crippen LogP contribution in [-0.4, -0.2) is 37.0 Å². The summed E-state index contributed by atoms with van der Waals surface area (Å²) >= 11 is 0. The van der Waals surface area contributed by atoms with Crippen LogP contribution >= 0.6 is 0 Å². The first kappa shape index (κ1) is 18.8. The summed E-state index contributed by atoms with van der Waals surface area (Å²) in [6.07, 6.45) is 1.60. The number of likely N-dealkylation sites (tertiary alicyclic amines) is 1. The number of urea groups is 1. The highest BCUT2D eigenvalue weighted by Gasteiger charge is 2.28. The average molecular weight is 367 g/mol. The Labute approximate surface area is 159 Å². The van der Waals surface area contributed by atoms with Crippen molar-refractivity contribution in [1.82, 2.24) is 10.2 Å². The third-order valence-corrected chi connectivity index (χ3v) is 4.72. The molecule has 6 heteroatoms. The molecule has 2 N–H and O–H groups in total. The number of rotatable bonds is 5. The zero-order valence-corrected chi connectivity index (χ0v) is 15.5. The van der Waals surface area contributed by atoms with Gasteiger partial charge in [-0.25, -0.2) is 4.79 Å². The molecule has 1 heterocycles. The Bertz CT molecular complexity index is 762. The van der Waals surface area contributed by atoms with Crippen molar-refractivity contribution in [2.75, 3.05) is 25.5 Å². The van der Waals surface area contributed by atoms with Gasteiger partial charge >= 0.3 is 6.03 Å². The predicted octanol–water partition coefficient (Wildman–Crippen LogP) is 3.26. The number of carbonyl (C=O) groups excluding carboxylic acids is 2. The Morgan fingerprint density at radius 1 is 1.11 bits per heavy atom. The average Bonchev–Trinajstić information content (AvgIpc) is 2.73. The third-order valence-electron chi connectivity index (χ3n) is 4.72. The minimum Gasteiger partial charge on any atom is -0.497 e. The summed E-state index contributed by atoms with van der Waals surface area (Å²) < 4.78 is 5.12. The Kier molecular flexibility index (Phi) is 6.30. The van der Waals surface area contributed by atoms with E-state index in [1.807, 2.05) is 42.5 Å². The van der Waals surface area contributed by atoms with Gasteiger partial charge in [0.2, 0.25) is 5.91 Å². The van der Waals surface area contributed by atoms with Crippen molar-refractivity contribution in [3.8, 4) is 5.75 Å². The van der Waals surface area contributed by atoms with Gasteiger partial charge in [-0.1, -0.05) is 30.3 Å². The first-order chi connectivity index (χ1) is 13.2. The van der Waals surface area contributed by atoms with E-state index in [0.717, 1.165) is 29.8 Å². The van der Waals surface area contributed by atoms with Crippen molar-refractivity contribution in [2.45, 2.75) is 19.4 Å². The summed E-state index contributed by atoms with van der Waals surface area (Å²) in [4.78, 5) is 26.7. The van der Waals surface area contributed by atoms with Crippen molar-refractivity contribution in [3.63, 3.8) is 0 Å². The normalized spacial score (nSPS) is 16.5. The fourth-order valence-corrected chi connectivity index (χ4v) is 3.18. The van der Waals surface area contributed by atoms with Gasteiger partial charge in [-0.05, 0) is 42.7 Å². The molecular weight excluding hydrogens is 342 g/mol. The van der Waals surface area contributed by atoms with Crippen LogP contribution in [0.3, 0.4) is 0 Å². The van der Waals surface area contributed by atoms with E-state index in [1.165, 1.54) is 0 Å². The molecule has 1 fully saturated rings. The zero-order valence-electron chi connectivity index (χ0n) is 15.5. The summed E-state index contributed by atoms with van der Waals surface area (Å²) in [5.74, 6) is 0.482. The van der Waals surface area contributed by atoms with Gasteiger partial charge in [-0.2, -0.15) is 0 Å². The molecule has 1 atom stereocenters. The highest BCUT2D eigenvalue weighted by Crippen LogP contribution is 2.20. The molecule has 142 valence electrons. The number of hydrogen-bond donors (Lipinski definition) is 2. The largest absolute Gasteiger partial charge is 0.497 e. The molecule has 1 aliphatic rings. The number of methoxy groups -OCH3 is 1. The number of ether oxygens (including phenoxy) is 1. The number of anilines is 1. The van der Waals surface area contributed by atoms with Gasteiger partial charge in [0.1, 0.15) is 5.75 Å². The number of piperidine rings is 1. The Balaban J connectivity index is 1.51. The molecule has 0 saturated carbocycles. The van der Waals surface area contributed by atoms with Crippen LogP contribution in [0, 0.1) is 5.92 Å². The summed E-state index contributed by atoms with van der Waals surface area (Å²) in [5.41, 5.74) is 1.78. The summed E-state index contributed by atoms with van der Waals surface area (Å²) in [6, 6.07) is 16.9. The highest BCUT2D eigenvalue weighted by molar-refractivity contribution is 5.93. The predicted molar refractivity (Wildman–Crippen MR) is 105 cm³/mol. The topological polar surface area (TPSA) is 70.7 Å². The van der Waals surface area contributed by atoms with E-state index in [4.69, 9.17) is 4.74 Å². The lowest BCUT2D eigenvalue weighted by molar-refractivity contribution is -0.121. The first-order valence-electron chi connectivity index (χ1n) is 9.17. The number of benzene rings is 2. The number of carbonyl (C=O) groups is 2. The van der Waals surface area contributed by atoms with Crippen LogP contribution in [0.25, 0.3) is 0 Å². The summed E-state index contributed by atoms with van der Waals surface area (Å²) in [6.45, 7) is 1.59. The van der Waals surface area contributed by atoms with Crippen LogP contribution in [0.15, 0.2) is 54.6 Å². The lowest BCUT2D eigenvalue weighted by Gasteiger charge is -2.32. The van der Waals surface area contributed by atoms with Crippen LogP contribution in [0.1, 0.15) is 18.4 Å². The van der Waals surface area contributed by atoms with Crippen LogP contribution < -0.4 is 15.4 Å². The molecule has 0 bridgehead atoms. The van der Waals surface area contributed by atoms with E-state index in [1.54, 1.807) is 24.1 Å². The first-order valence-corrected chi connectivity index (χ1v) is 9.17. The maximum Gasteiger partial charge on any atom is 0.317 e. The van der Waals surface area contributed by atoms with Gasteiger partial charge in [0, 0.05) is 25.3 Å². The number of nitrogens with zero attached hydrogens (tertiary/aromatic N) is 1. The molecule has 1 saturated heterocycles. The van der Waals surface area contributed by atoms with Gasteiger partial charge in [0.25, 0.3) is 0 Å². The molecule has 1 aliphatic heterocycles. The quantitative estimate of drug-likeness (QED) is 0.852. The van der Waals surface area contributed by atoms with E-state index in [-0.39, 0.29) is 17.9 Å². The van der Waals surface area contributed by atoms with Crippen molar-refractivity contribution in [3.05, 3.63) is 60.2 Å². The fraction of sp³-hybridized carbons (Fsp3) is 0.333. The van der Waals surface area contributed by atoms with Crippen molar-refractivity contribution in [1.29, 1.82) is 0 Å². The van der Waals surface area contributed by atoms with Crippen LogP contribution in [0.4, 0.5) is 10.5 Å². The van der Waals surface area contributed by atoms with Crippen molar-refractivity contribution < 1.29 is 14.3 Å². The number of amides is 3. The lowest BCUT2D eigenvalue weighted by atomic mass is 9.97. The molecule has 3 amide bonds. The zero-order chi connectivity index (χ0) is 19.1. The monoisotopic (exact) mass is 367 g/mol. The number of hydrogen-bond acceptors (Lipinski definition) is 3. The second kappa shape index (κ2) is 9.07. The van der Waals surface area contributed by atoms with E-state index < -0.39 is 0 Å². The van der Waals surface area contributed by atoms with E-state index >= 15 is 0 Å². The summed E-state index contributed by atoms with van der Waals surface area (Å²) in [7, 11) is 1.60. The Hall–Kier alpha value is -3.02. The lowest BCUT2D eigenvalue weighted by Crippen LogP contribution is -2.47. The van der Waals surface area contributed by atoms with E-state index in [0.29, 0.717) is 19.6 Å². The molecule has 6 nitrogen and oxygen atoms in total. The molecule has 0 aromatic heterocycles. The molecule has 3 rings (SSSR count). The van der Waals surface area contributed by atoms with Gasteiger partial charge < -0.3 is 20.3 Å².